The third kappa shape index (κ3) is 4.35. The summed E-state index contributed by atoms with van der Waals surface area (Å²) in [6.45, 7) is 0.667. The van der Waals surface area contributed by atoms with Crippen molar-refractivity contribution in [1.82, 2.24) is 4.31 Å². The maximum absolute atomic E-state index is 13.0. The highest BCUT2D eigenvalue weighted by molar-refractivity contribution is 7.89. The van der Waals surface area contributed by atoms with E-state index >= 15 is 0 Å². The fourth-order valence-corrected chi connectivity index (χ4v) is 4.88. The smallest absolute Gasteiger partial charge is 0.255 e. The Kier molecular flexibility index (Phi) is 6.33. The van der Waals surface area contributed by atoms with Crippen LogP contribution in [0, 0.1) is 5.92 Å². The second-order valence-corrected chi connectivity index (χ2v) is 8.67. The van der Waals surface area contributed by atoms with Crippen molar-refractivity contribution >= 4 is 21.6 Å². The molecule has 7 nitrogen and oxygen atoms in total. The topological polar surface area (TPSA) is 95.9 Å². The van der Waals surface area contributed by atoms with Crippen LogP contribution in [0.4, 0.5) is 5.69 Å². The Bertz CT molecular complexity index is 945. The first-order valence-electron chi connectivity index (χ1n) is 9.11. The Morgan fingerprint density at radius 3 is 2.79 bits per heavy atom. The van der Waals surface area contributed by atoms with E-state index in [1.54, 1.807) is 36.4 Å². The van der Waals surface area contributed by atoms with Crippen molar-refractivity contribution in [3.8, 4) is 5.75 Å². The minimum Gasteiger partial charge on any atom is -0.495 e. The molecular weight excluding hydrogens is 380 g/mol. The van der Waals surface area contributed by atoms with E-state index in [4.69, 9.17) is 4.74 Å². The standard InChI is InChI=1S/C20H24N2O5S/c1-27-19-10-3-2-9-18(19)21-20(24)16-7-4-8-17(12-16)28(25,26)22-11-5-6-15(13-22)14-23/h2-4,7-10,12,15,23H,5-6,11,13-14H2,1H3,(H,21,24). The number of piperidine rings is 1. The molecule has 1 fully saturated rings. The van der Waals surface area contributed by atoms with E-state index in [1.165, 1.54) is 23.5 Å². The summed E-state index contributed by atoms with van der Waals surface area (Å²) in [6.07, 6.45) is 1.52. The molecule has 2 N–H and O–H groups in total. The minimum atomic E-state index is -3.73. The number of benzene rings is 2. The fourth-order valence-electron chi connectivity index (χ4n) is 3.28. The molecule has 1 saturated heterocycles. The Balaban J connectivity index is 1.82. The van der Waals surface area contributed by atoms with Crippen LogP contribution in [-0.4, -0.2) is 50.5 Å². The molecule has 0 spiro atoms. The van der Waals surface area contributed by atoms with Crippen LogP contribution in [-0.2, 0) is 10.0 Å². The lowest BCUT2D eigenvalue weighted by Gasteiger charge is -2.31. The van der Waals surface area contributed by atoms with Gasteiger partial charge in [0, 0.05) is 25.3 Å². The first-order valence-corrected chi connectivity index (χ1v) is 10.5. The number of carbonyl (C=O) groups excluding carboxylic acids is 1. The molecule has 3 rings (SSSR count). The number of hydrogen-bond acceptors (Lipinski definition) is 5. The molecule has 0 bridgehead atoms. The Hall–Kier alpha value is -2.42. The van der Waals surface area contributed by atoms with Crippen LogP contribution < -0.4 is 10.1 Å². The molecule has 0 saturated carbocycles. The van der Waals surface area contributed by atoms with E-state index in [1.807, 2.05) is 0 Å². The van der Waals surface area contributed by atoms with Gasteiger partial charge in [-0.1, -0.05) is 18.2 Å². The molecule has 8 heteroatoms. The van der Waals surface area contributed by atoms with Crippen molar-refractivity contribution in [2.24, 2.45) is 5.92 Å². The van der Waals surface area contributed by atoms with Gasteiger partial charge < -0.3 is 15.2 Å². The first kappa shape index (κ1) is 20.3. The summed E-state index contributed by atoms with van der Waals surface area (Å²) in [5.74, 6) is 0.0389. The normalized spacial score (nSPS) is 17.9. The zero-order chi connectivity index (χ0) is 20.1. The predicted octanol–water partition coefficient (Wildman–Crippen LogP) is 2.34. The average Bonchev–Trinajstić information content (AvgIpc) is 2.74. The van der Waals surface area contributed by atoms with E-state index < -0.39 is 15.9 Å². The van der Waals surface area contributed by atoms with Crippen molar-refractivity contribution in [3.05, 3.63) is 54.1 Å². The third-order valence-corrected chi connectivity index (χ3v) is 6.69. The number of ether oxygens (including phenoxy) is 1. The van der Waals surface area contributed by atoms with Gasteiger partial charge in [0.05, 0.1) is 17.7 Å². The number of nitrogens with one attached hydrogen (secondary N) is 1. The van der Waals surface area contributed by atoms with E-state index in [-0.39, 0.29) is 29.5 Å². The summed E-state index contributed by atoms with van der Waals surface area (Å²) in [5.41, 5.74) is 0.743. The zero-order valence-electron chi connectivity index (χ0n) is 15.7. The summed E-state index contributed by atoms with van der Waals surface area (Å²) in [7, 11) is -2.22. The number of rotatable bonds is 6. The van der Waals surface area contributed by atoms with Gasteiger partial charge in [-0.15, -0.1) is 0 Å². The highest BCUT2D eigenvalue weighted by atomic mass is 32.2. The molecule has 28 heavy (non-hydrogen) atoms. The molecule has 150 valence electrons. The molecule has 0 aliphatic carbocycles. The number of hydrogen-bond donors (Lipinski definition) is 2. The second-order valence-electron chi connectivity index (χ2n) is 6.74. The summed E-state index contributed by atoms with van der Waals surface area (Å²) >= 11 is 0. The summed E-state index contributed by atoms with van der Waals surface area (Å²) in [6, 6.07) is 13.0. The number of amides is 1. The third-order valence-electron chi connectivity index (χ3n) is 4.83. The quantitative estimate of drug-likeness (QED) is 0.770. The van der Waals surface area contributed by atoms with Gasteiger partial charge >= 0.3 is 0 Å². The summed E-state index contributed by atoms with van der Waals surface area (Å²) < 4.78 is 32.6. The lowest BCUT2D eigenvalue weighted by Crippen LogP contribution is -2.40. The molecular formula is C20H24N2O5S. The number of anilines is 1. The molecule has 1 atom stereocenters. The van der Waals surface area contributed by atoms with Gasteiger partial charge in [-0.3, -0.25) is 4.79 Å². The van der Waals surface area contributed by atoms with Crippen LogP contribution in [0.1, 0.15) is 23.2 Å². The first-order chi connectivity index (χ1) is 13.5. The monoisotopic (exact) mass is 404 g/mol. The second kappa shape index (κ2) is 8.72. The van der Waals surface area contributed by atoms with Crippen LogP contribution in [0.2, 0.25) is 0 Å². The van der Waals surface area contributed by atoms with Gasteiger partial charge in [0.2, 0.25) is 10.0 Å². The molecule has 2 aromatic carbocycles. The molecule has 1 aliphatic heterocycles. The fraction of sp³-hybridized carbons (Fsp3) is 0.350. The van der Waals surface area contributed by atoms with Crippen molar-refractivity contribution in [3.63, 3.8) is 0 Å². The molecule has 1 amide bonds. The van der Waals surface area contributed by atoms with Gasteiger partial charge in [0.25, 0.3) is 5.91 Å². The van der Waals surface area contributed by atoms with E-state index in [0.717, 1.165) is 6.42 Å². The van der Waals surface area contributed by atoms with Crippen LogP contribution in [0.5, 0.6) is 5.75 Å². The van der Waals surface area contributed by atoms with Gasteiger partial charge in [0.1, 0.15) is 5.75 Å². The van der Waals surface area contributed by atoms with Gasteiger partial charge in [-0.2, -0.15) is 4.31 Å². The number of carbonyl (C=O) groups is 1. The maximum Gasteiger partial charge on any atom is 0.255 e. The van der Waals surface area contributed by atoms with Crippen molar-refractivity contribution in [2.45, 2.75) is 17.7 Å². The predicted molar refractivity (Wildman–Crippen MR) is 106 cm³/mol. The number of methoxy groups -OCH3 is 1. The molecule has 2 aromatic rings. The Morgan fingerprint density at radius 1 is 1.25 bits per heavy atom. The highest BCUT2D eigenvalue weighted by Gasteiger charge is 2.30. The van der Waals surface area contributed by atoms with Gasteiger partial charge in [-0.25, -0.2) is 8.42 Å². The number of para-hydroxylation sites is 2. The lowest BCUT2D eigenvalue weighted by molar-refractivity contribution is 0.102. The van der Waals surface area contributed by atoms with E-state index in [2.05, 4.69) is 5.32 Å². The van der Waals surface area contributed by atoms with Crippen molar-refractivity contribution in [1.29, 1.82) is 0 Å². The van der Waals surface area contributed by atoms with Crippen LogP contribution >= 0.6 is 0 Å². The van der Waals surface area contributed by atoms with E-state index in [0.29, 0.717) is 24.4 Å². The zero-order valence-corrected chi connectivity index (χ0v) is 16.5. The van der Waals surface area contributed by atoms with Gasteiger partial charge in [-0.05, 0) is 49.1 Å². The van der Waals surface area contributed by atoms with E-state index in [9.17, 15) is 18.3 Å². The van der Waals surface area contributed by atoms with Crippen molar-refractivity contribution in [2.75, 3.05) is 32.1 Å². The number of aliphatic hydroxyl groups excluding tert-OH is 1. The Labute approximate surface area is 165 Å². The molecule has 1 heterocycles. The number of sulfonamides is 1. The molecule has 1 aliphatic rings. The SMILES string of the molecule is COc1ccccc1NC(=O)c1cccc(S(=O)(=O)N2CCCC(CO)C2)c1. The van der Waals surface area contributed by atoms with Crippen LogP contribution in [0.15, 0.2) is 53.4 Å². The largest absolute Gasteiger partial charge is 0.495 e. The number of aliphatic hydroxyl groups is 1. The lowest BCUT2D eigenvalue weighted by atomic mass is 10.0. The van der Waals surface area contributed by atoms with Gasteiger partial charge in [0.15, 0.2) is 0 Å². The maximum atomic E-state index is 13.0. The molecule has 0 aromatic heterocycles. The summed E-state index contributed by atoms with van der Waals surface area (Å²) in [5, 5.41) is 12.1. The number of nitrogens with zero attached hydrogens (tertiary/aromatic N) is 1. The Morgan fingerprint density at radius 2 is 2.04 bits per heavy atom. The minimum absolute atomic E-state index is 0.0344. The van der Waals surface area contributed by atoms with Crippen molar-refractivity contribution < 1.29 is 23.1 Å². The average molecular weight is 404 g/mol. The van der Waals surface area contributed by atoms with Crippen LogP contribution in [0.3, 0.4) is 0 Å². The molecule has 0 radical (unpaired) electrons. The molecule has 1 unspecified atom stereocenters. The summed E-state index contributed by atoms with van der Waals surface area (Å²) in [4.78, 5) is 12.7. The highest BCUT2D eigenvalue weighted by Crippen LogP contribution is 2.26. The van der Waals surface area contributed by atoms with Crippen LogP contribution in [0.25, 0.3) is 0 Å².